The number of benzene rings is 2. The largest absolute Gasteiger partial charge is 0.497 e. The number of aliphatic hydroxyl groups excluding tert-OH is 1. The molecule has 3 aromatic rings. The molecular weight excluding hydrogens is 294 g/mol. The van der Waals surface area contributed by atoms with Gasteiger partial charge in [0.1, 0.15) is 36.9 Å². The van der Waals surface area contributed by atoms with Crippen molar-refractivity contribution in [2.75, 3.05) is 13.7 Å². The standard InChI is InChI=1S/C17H17N3O3/c1-22-16-4-2-3-13(9-16)17(21)10-23-15-7-5-14(6-8-15)20-12-18-11-19-20/h2-9,11-12,17,21H,10H2,1H3. The normalized spacial score (nSPS) is 11.9. The molecule has 6 nitrogen and oxygen atoms in total. The zero-order valence-electron chi connectivity index (χ0n) is 12.7. The van der Waals surface area contributed by atoms with Crippen molar-refractivity contribution in [3.63, 3.8) is 0 Å². The Morgan fingerprint density at radius 1 is 1.13 bits per heavy atom. The molecule has 1 aromatic heterocycles. The minimum Gasteiger partial charge on any atom is -0.497 e. The average molecular weight is 311 g/mol. The molecule has 0 fully saturated rings. The van der Waals surface area contributed by atoms with Crippen molar-refractivity contribution < 1.29 is 14.6 Å². The van der Waals surface area contributed by atoms with Gasteiger partial charge in [0.25, 0.3) is 0 Å². The quantitative estimate of drug-likeness (QED) is 0.757. The second-order valence-electron chi connectivity index (χ2n) is 4.94. The summed E-state index contributed by atoms with van der Waals surface area (Å²) < 4.78 is 12.4. The Balaban J connectivity index is 1.61. The van der Waals surface area contributed by atoms with E-state index in [0.29, 0.717) is 11.5 Å². The molecule has 23 heavy (non-hydrogen) atoms. The maximum Gasteiger partial charge on any atom is 0.138 e. The van der Waals surface area contributed by atoms with Crippen LogP contribution >= 0.6 is 0 Å². The monoisotopic (exact) mass is 311 g/mol. The molecule has 1 unspecified atom stereocenters. The number of methoxy groups -OCH3 is 1. The van der Waals surface area contributed by atoms with Crippen LogP contribution in [-0.4, -0.2) is 33.6 Å². The van der Waals surface area contributed by atoms with Crippen molar-refractivity contribution in [1.29, 1.82) is 0 Å². The highest BCUT2D eigenvalue weighted by Crippen LogP contribution is 2.21. The van der Waals surface area contributed by atoms with Gasteiger partial charge in [0, 0.05) is 0 Å². The van der Waals surface area contributed by atoms with Crippen LogP contribution in [0, 0.1) is 0 Å². The molecule has 0 bridgehead atoms. The van der Waals surface area contributed by atoms with Crippen LogP contribution in [0.4, 0.5) is 0 Å². The van der Waals surface area contributed by atoms with Crippen LogP contribution < -0.4 is 9.47 Å². The number of aliphatic hydroxyl groups is 1. The number of nitrogens with zero attached hydrogens (tertiary/aromatic N) is 3. The number of ether oxygens (including phenoxy) is 2. The van der Waals surface area contributed by atoms with Crippen LogP contribution in [0.5, 0.6) is 11.5 Å². The summed E-state index contributed by atoms with van der Waals surface area (Å²) in [4.78, 5) is 3.91. The first kappa shape index (κ1) is 15.1. The fourth-order valence-corrected chi connectivity index (χ4v) is 2.16. The Kier molecular flexibility index (Phi) is 4.54. The van der Waals surface area contributed by atoms with Crippen molar-refractivity contribution in [1.82, 2.24) is 14.8 Å². The SMILES string of the molecule is COc1cccc(C(O)COc2ccc(-n3cncn3)cc2)c1. The molecule has 3 rings (SSSR count). The summed E-state index contributed by atoms with van der Waals surface area (Å²) in [5.74, 6) is 1.38. The topological polar surface area (TPSA) is 69.4 Å². The summed E-state index contributed by atoms with van der Waals surface area (Å²) in [5.41, 5.74) is 1.65. The second kappa shape index (κ2) is 6.93. The van der Waals surface area contributed by atoms with E-state index in [4.69, 9.17) is 9.47 Å². The summed E-state index contributed by atoms with van der Waals surface area (Å²) in [5, 5.41) is 14.3. The van der Waals surface area contributed by atoms with Crippen molar-refractivity contribution in [3.05, 3.63) is 66.7 Å². The molecule has 0 aliphatic heterocycles. The maximum atomic E-state index is 10.2. The van der Waals surface area contributed by atoms with Crippen molar-refractivity contribution in [2.24, 2.45) is 0 Å². The third kappa shape index (κ3) is 3.67. The van der Waals surface area contributed by atoms with Gasteiger partial charge in [0.05, 0.1) is 12.8 Å². The van der Waals surface area contributed by atoms with Crippen LogP contribution in [0.1, 0.15) is 11.7 Å². The summed E-state index contributed by atoms with van der Waals surface area (Å²) >= 11 is 0. The molecule has 0 aliphatic carbocycles. The smallest absolute Gasteiger partial charge is 0.138 e. The Hall–Kier alpha value is -2.86. The lowest BCUT2D eigenvalue weighted by atomic mass is 10.1. The van der Waals surface area contributed by atoms with Crippen LogP contribution in [0.15, 0.2) is 61.2 Å². The van der Waals surface area contributed by atoms with Gasteiger partial charge in [-0.3, -0.25) is 0 Å². The van der Waals surface area contributed by atoms with Crippen molar-refractivity contribution in [2.45, 2.75) is 6.10 Å². The Labute approximate surface area is 133 Å². The molecule has 0 spiro atoms. The molecule has 1 atom stereocenters. The van der Waals surface area contributed by atoms with Crippen LogP contribution in [0.2, 0.25) is 0 Å². The fraction of sp³-hybridized carbons (Fsp3) is 0.176. The third-order valence-electron chi connectivity index (χ3n) is 3.41. The predicted molar refractivity (Wildman–Crippen MR) is 84.8 cm³/mol. The van der Waals surface area contributed by atoms with Gasteiger partial charge < -0.3 is 14.6 Å². The van der Waals surface area contributed by atoms with Gasteiger partial charge in [-0.2, -0.15) is 5.10 Å². The lowest BCUT2D eigenvalue weighted by Crippen LogP contribution is -2.09. The number of hydrogen-bond donors (Lipinski definition) is 1. The zero-order valence-corrected chi connectivity index (χ0v) is 12.7. The van der Waals surface area contributed by atoms with E-state index in [2.05, 4.69) is 10.1 Å². The van der Waals surface area contributed by atoms with E-state index >= 15 is 0 Å². The van der Waals surface area contributed by atoms with Gasteiger partial charge in [-0.05, 0) is 42.0 Å². The lowest BCUT2D eigenvalue weighted by molar-refractivity contribution is 0.108. The fourth-order valence-electron chi connectivity index (χ4n) is 2.16. The summed E-state index contributed by atoms with van der Waals surface area (Å²) in [6, 6.07) is 14.7. The zero-order chi connectivity index (χ0) is 16.1. The maximum absolute atomic E-state index is 10.2. The molecule has 0 aliphatic rings. The molecular formula is C17H17N3O3. The average Bonchev–Trinajstić information content (AvgIpc) is 3.15. The molecule has 6 heteroatoms. The first-order valence-corrected chi connectivity index (χ1v) is 7.16. The number of hydrogen-bond acceptors (Lipinski definition) is 5. The first-order valence-electron chi connectivity index (χ1n) is 7.16. The van der Waals surface area contributed by atoms with E-state index < -0.39 is 6.10 Å². The highest BCUT2D eigenvalue weighted by Gasteiger charge is 2.09. The predicted octanol–water partition coefficient (Wildman–Crippen LogP) is 2.39. The summed E-state index contributed by atoms with van der Waals surface area (Å²) in [6.45, 7) is 0.163. The molecule has 118 valence electrons. The Morgan fingerprint density at radius 3 is 2.65 bits per heavy atom. The van der Waals surface area contributed by atoms with Gasteiger partial charge in [0.15, 0.2) is 0 Å². The molecule has 0 saturated carbocycles. The van der Waals surface area contributed by atoms with Crippen LogP contribution in [-0.2, 0) is 0 Å². The van der Waals surface area contributed by atoms with Crippen LogP contribution in [0.25, 0.3) is 5.69 Å². The van der Waals surface area contributed by atoms with Crippen molar-refractivity contribution in [3.8, 4) is 17.2 Å². The van der Waals surface area contributed by atoms with Gasteiger partial charge in [-0.15, -0.1) is 0 Å². The number of rotatable bonds is 6. The van der Waals surface area contributed by atoms with Gasteiger partial charge in [-0.25, -0.2) is 9.67 Å². The van der Waals surface area contributed by atoms with E-state index in [0.717, 1.165) is 11.3 Å². The number of aromatic nitrogens is 3. The molecule has 1 heterocycles. The van der Waals surface area contributed by atoms with Gasteiger partial charge >= 0.3 is 0 Å². The summed E-state index contributed by atoms with van der Waals surface area (Å²) in [6.07, 6.45) is 2.39. The minimum absolute atomic E-state index is 0.163. The van der Waals surface area contributed by atoms with E-state index in [-0.39, 0.29) is 6.61 Å². The van der Waals surface area contributed by atoms with E-state index in [1.165, 1.54) is 6.33 Å². The molecule has 0 radical (unpaired) electrons. The first-order chi connectivity index (χ1) is 11.3. The van der Waals surface area contributed by atoms with Crippen LogP contribution in [0.3, 0.4) is 0 Å². The second-order valence-corrected chi connectivity index (χ2v) is 4.94. The third-order valence-corrected chi connectivity index (χ3v) is 3.41. The lowest BCUT2D eigenvalue weighted by Gasteiger charge is -2.14. The molecule has 1 N–H and O–H groups in total. The highest BCUT2D eigenvalue weighted by molar-refractivity contribution is 5.36. The highest BCUT2D eigenvalue weighted by atomic mass is 16.5. The molecule has 0 amide bonds. The van der Waals surface area contributed by atoms with E-state index in [9.17, 15) is 5.11 Å². The molecule has 0 saturated heterocycles. The van der Waals surface area contributed by atoms with Gasteiger partial charge in [0.2, 0.25) is 0 Å². The summed E-state index contributed by atoms with van der Waals surface area (Å²) in [7, 11) is 1.60. The Bertz CT molecular complexity index is 742. The van der Waals surface area contributed by atoms with E-state index in [1.807, 2.05) is 42.5 Å². The van der Waals surface area contributed by atoms with Crippen molar-refractivity contribution >= 4 is 0 Å². The minimum atomic E-state index is -0.722. The van der Waals surface area contributed by atoms with Gasteiger partial charge in [-0.1, -0.05) is 12.1 Å². The van der Waals surface area contributed by atoms with E-state index in [1.54, 1.807) is 24.2 Å². The molecule has 2 aromatic carbocycles. The Morgan fingerprint density at radius 2 is 1.96 bits per heavy atom.